The zero-order chi connectivity index (χ0) is 16.9. The summed E-state index contributed by atoms with van der Waals surface area (Å²) in [5.41, 5.74) is 2.12. The number of rotatable bonds is 2. The summed E-state index contributed by atoms with van der Waals surface area (Å²) in [4.78, 5) is 0. The monoisotopic (exact) mass is 329 g/mol. The van der Waals surface area contributed by atoms with Crippen LogP contribution in [0.5, 0.6) is 0 Å². The number of hydrogen-bond acceptors (Lipinski definition) is 5. The molecule has 2 aliphatic heterocycles. The molecule has 1 aromatic heterocycles. The largest absolute Gasteiger partial charge is 0.494 e. The van der Waals surface area contributed by atoms with Crippen molar-refractivity contribution in [3.63, 3.8) is 0 Å². The SMILES string of the molecule is CC1(C)OB(c2ccc3nnn(C4CCCCO4)c3c2)OC1(C)C. The Labute approximate surface area is 142 Å². The number of nitrogens with zero attached hydrogens (tertiary/aromatic N) is 3. The smallest absolute Gasteiger partial charge is 0.399 e. The van der Waals surface area contributed by atoms with Gasteiger partial charge in [0, 0.05) is 6.61 Å². The van der Waals surface area contributed by atoms with Crippen LogP contribution < -0.4 is 5.46 Å². The summed E-state index contributed by atoms with van der Waals surface area (Å²) in [5, 5.41) is 8.57. The van der Waals surface area contributed by atoms with Crippen LogP contribution >= 0.6 is 0 Å². The van der Waals surface area contributed by atoms with Crippen LogP contribution in [0, 0.1) is 0 Å². The number of fused-ring (bicyclic) bond motifs is 1. The summed E-state index contributed by atoms with van der Waals surface area (Å²) in [6.45, 7) is 9.03. The molecule has 4 rings (SSSR count). The molecule has 0 bridgehead atoms. The summed E-state index contributed by atoms with van der Waals surface area (Å²) < 4.78 is 20.1. The van der Waals surface area contributed by atoms with E-state index in [1.807, 2.05) is 16.8 Å². The number of ether oxygens (including phenoxy) is 1. The second-order valence-corrected chi connectivity index (χ2v) is 7.69. The van der Waals surface area contributed by atoms with Gasteiger partial charge in [0.15, 0.2) is 6.23 Å². The van der Waals surface area contributed by atoms with E-state index in [0.29, 0.717) is 0 Å². The Bertz CT molecular complexity index is 737. The van der Waals surface area contributed by atoms with E-state index < -0.39 is 0 Å². The van der Waals surface area contributed by atoms with Crippen LogP contribution in [-0.4, -0.2) is 39.9 Å². The van der Waals surface area contributed by atoms with Gasteiger partial charge < -0.3 is 14.0 Å². The summed E-state index contributed by atoms with van der Waals surface area (Å²) >= 11 is 0. The van der Waals surface area contributed by atoms with Crippen molar-refractivity contribution < 1.29 is 14.0 Å². The van der Waals surface area contributed by atoms with Gasteiger partial charge in [0.1, 0.15) is 5.52 Å². The van der Waals surface area contributed by atoms with Gasteiger partial charge in [0.05, 0.1) is 16.7 Å². The fraction of sp³-hybridized carbons (Fsp3) is 0.647. The lowest BCUT2D eigenvalue weighted by Crippen LogP contribution is -2.41. The molecule has 1 atom stereocenters. The molecule has 2 aromatic rings. The van der Waals surface area contributed by atoms with Gasteiger partial charge in [0.25, 0.3) is 0 Å². The maximum Gasteiger partial charge on any atom is 0.494 e. The van der Waals surface area contributed by atoms with E-state index in [4.69, 9.17) is 14.0 Å². The highest BCUT2D eigenvalue weighted by molar-refractivity contribution is 6.62. The molecule has 24 heavy (non-hydrogen) atoms. The molecule has 6 nitrogen and oxygen atoms in total. The third kappa shape index (κ3) is 2.55. The number of aromatic nitrogens is 3. The lowest BCUT2D eigenvalue weighted by Gasteiger charge is -2.32. The standard InChI is InChI=1S/C17H24BN3O3/c1-16(2)17(3,4)24-18(23-16)12-8-9-13-14(11-12)21(20-19-13)15-7-5-6-10-22-15/h8-9,11,15H,5-7,10H2,1-4H3. The Hall–Kier alpha value is -1.44. The van der Waals surface area contributed by atoms with Gasteiger partial charge in [-0.05, 0) is 64.6 Å². The van der Waals surface area contributed by atoms with Crippen LogP contribution in [0.2, 0.25) is 0 Å². The second kappa shape index (κ2) is 5.54. The van der Waals surface area contributed by atoms with Gasteiger partial charge in [-0.25, -0.2) is 4.68 Å². The van der Waals surface area contributed by atoms with Crippen molar-refractivity contribution in [2.45, 2.75) is 64.4 Å². The molecule has 1 unspecified atom stereocenters. The molecular weight excluding hydrogens is 305 g/mol. The predicted molar refractivity (Wildman–Crippen MR) is 92.1 cm³/mol. The minimum absolute atomic E-state index is 0.0303. The summed E-state index contributed by atoms with van der Waals surface area (Å²) in [7, 11) is -0.380. The van der Waals surface area contributed by atoms with Crippen LogP contribution in [0.4, 0.5) is 0 Å². The quantitative estimate of drug-likeness (QED) is 0.792. The average Bonchev–Trinajstić information content (AvgIpc) is 3.06. The van der Waals surface area contributed by atoms with E-state index in [1.54, 1.807) is 0 Å². The zero-order valence-corrected chi connectivity index (χ0v) is 14.8. The molecule has 0 radical (unpaired) electrons. The fourth-order valence-electron chi connectivity index (χ4n) is 3.21. The normalized spacial score (nSPS) is 26.2. The molecule has 2 fully saturated rings. The van der Waals surface area contributed by atoms with E-state index in [0.717, 1.165) is 42.4 Å². The van der Waals surface area contributed by atoms with Crippen molar-refractivity contribution in [1.29, 1.82) is 0 Å². The fourth-order valence-corrected chi connectivity index (χ4v) is 3.21. The van der Waals surface area contributed by atoms with Gasteiger partial charge in [-0.15, -0.1) is 5.10 Å². The lowest BCUT2D eigenvalue weighted by atomic mass is 9.79. The van der Waals surface area contributed by atoms with E-state index >= 15 is 0 Å². The average molecular weight is 329 g/mol. The summed E-state index contributed by atoms with van der Waals surface area (Å²) in [6, 6.07) is 6.04. The Kier molecular flexibility index (Phi) is 3.71. The molecule has 0 amide bonds. The van der Waals surface area contributed by atoms with Crippen LogP contribution in [0.25, 0.3) is 11.0 Å². The first-order chi connectivity index (χ1) is 11.4. The van der Waals surface area contributed by atoms with Crippen LogP contribution in [0.3, 0.4) is 0 Å². The van der Waals surface area contributed by atoms with E-state index in [1.165, 1.54) is 0 Å². The molecule has 0 saturated carbocycles. The topological polar surface area (TPSA) is 58.4 Å². The Morgan fingerprint density at radius 1 is 1.12 bits per heavy atom. The Morgan fingerprint density at radius 3 is 2.54 bits per heavy atom. The number of benzene rings is 1. The van der Waals surface area contributed by atoms with Crippen LogP contribution in [0.1, 0.15) is 53.2 Å². The van der Waals surface area contributed by atoms with Crippen molar-refractivity contribution in [2.24, 2.45) is 0 Å². The van der Waals surface area contributed by atoms with Gasteiger partial charge in [0.2, 0.25) is 0 Å². The minimum atomic E-state index is -0.380. The maximum absolute atomic E-state index is 6.16. The summed E-state index contributed by atoms with van der Waals surface area (Å²) in [5.74, 6) is 0. The molecular formula is C17H24BN3O3. The van der Waals surface area contributed by atoms with Crippen LogP contribution in [0.15, 0.2) is 18.2 Å². The van der Waals surface area contributed by atoms with Crippen molar-refractivity contribution in [1.82, 2.24) is 15.0 Å². The maximum atomic E-state index is 6.16. The van der Waals surface area contributed by atoms with Crippen molar-refractivity contribution in [3.05, 3.63) is 18.2 Å². The highest BCUT2D eigenvalue weighted by atomic mass is 16.7. The third-order valence-corrected chi connectivity index (χ3v) is 5.45. The van der Waals surface area contributed by atoms with Gasteiger partial charge >= 0.3 is 7.12 Å². The molecule has 1 aromatic carbocycles. The van der Waals surface area contributed by atoms with Crippen molar-refractivity contribution >= 4 is 23.6 Å². The summed E-state index contributed by atoms with van der Waals surface area (Å²) in [6.07, 6.45) is 3.21. The van der Waals surface area contributed by atoms with Crippen molar-refractivity contribution in [3.8, 4) is 0 Å². The molecule has 0 aliphatic carbocycles. The first-order valence-electron chi connectivity index (χ1n) is 8.69. The first-order valence-corrected chi connectivity index (χ1v) is 8.69. The van der Waals surface area contributed by atoms with Gasteiger partial charge in [-0.1, -0.05) is 11.3 Å². The third-order valence-electron chi connectivity index (χ3n) is 5.45. The van der Waals surface area contributed by atoms with Crippen molar-refractivity contribution in [2.75, 3.05) is 6.61 Å². The highest BCUT2D eigenvalue weighted by Gasteiger charge is 2.51. The molecule has 2 saturated heterocycles. The Morgan fingerprint density at radius 2 is 1.88 bits per heavy atom. The molecule has 7 heteroatoms. The minimum Gasteiger partial charge on any atom is -0.399 e. The lowest BCUT2D eigenvalue weighted by molar-refractivity contribution is -0.0377. The van der Waals surface area contributed by atoms with Gasteiger partial charge in [-0.2, -0.15) is 0 Å². The molecule has 0 spiro atoms. The highest BCUT2D eigenvalue weighted by Crippen LogP contribution is 2.36. The zero-order valence-electron chi connectivity index (χ0n) is 14.8. The predicted octanol–water partition coefficient (Wildman–Crippen LogP) is 2.43. The molecule has 3 heterocycles. The first kappa shape index (κ1) is 16.1. The van der Waals surface area contributed by atoms with E-state index in [9.17, 15) is 0 Å². The number of hydrogen-bond donors (Lipinski definition) is 0. The molecule has 128 valence electrons. The Balaban J connectivity index is 1.68. The van der Waals surface area contributed by atoms with E-state index in [-0.39, 0.29) is 24.5 Å². The van der Waals surface area contributed by atoms with Crippen LogP contribution in [-0.2, 0) is 14.0 Å². The van der Waals surface area contributed by atoms with Gasteiger partial charge in [-0.3, -0.25) is 0 Å². The molecule has 0 N–H and O–H groups in total. The van der Waals surface area contributed by atoms with E-state index in [2.05, 4.69) is 44.1 Å². The molecule has 2 aliphatic rings. The second-order valence-electron chi connectivity index (χ2n) is 7.69.